The van der Waals surface area contributed by atoms with Gasteiger partial charge >= 0.3 is 6.30 Å². The lowest BCUT2D eigenvalue weighted by molar-refractivity contribution is -0.206. The number of alkyl halides is 3. The quantitative estimate of drug-likeness (QED) is 0.814. The van der Waals surface area contributed by atoms with Crippen molar-refractivity contribution in [2.45, 2.75) is 12.8 Å². The Morgan fingerprint density at radius 3 is 2.50 bits per heavy atom. The van der Waals surface area contributed by atoms with Gasteiger partial charge in [0.2, 0.25) is 0 Å². The average molecular weight is 244 g/mol. The van der Waals surface area contributed by atoms with Crippen LogP contribution in [0.3, 0.4) is 0 Å². The van der Waals surface area contributed by atoms with E-state index >= 15 is 0 Å². The number of imidazole rings is 1. The minimum absolute atomic E-state index is 0.0903. The normalized spacial score (nSPS) is 12.1. The third-order valence-electron chi connectivity index (χ3n) is 1.23. The first-order valence-corrected chi connectivity index (χ1v) is 3.75. The minimum Gasteiger partial charge on any atom is -0.324 e. The summed E-state index contributed by atoms with van der Waals surface area (Å²) in [7, 11) is 0. The molecule has 2 N–H and O–H groups in total. The molecule has 0 spiro atoms. The van der Waals surface area contributed by atoms with Crippen LogP contribution in [0.1, 0.15) is 5.82 Å². The number of halogens is 4. The number of hydrogen-bond donors (Lipinski definition) is 1. The molecule has 68 valence electrons. The van der Waals surface area contributed by atoms with E-state index < -0.39 is 6.30 Å². The van der Waals surface area contributed by atoms with Crippen LogP contribution in [0.15, 0.2) is 10.8 Å². The molecule has 1 aromatic rings. The van der Waals surface area contributed by atoms with E-state index in [9.17, 15) is 13.2 Å². The highest BCUT2D eigenvalue weighted by Gasteiger charge is 2.34. The van der Waals surface area contributed by atoms with Gasteiger partial charge in [0.05, 0.1) is 12.7 Å². The Hall–Kier alpha value is -0.560. The monoisotopic (exact) mass is 243 g/mol. The SMILES string of the molecule is NCc1ncc(Br)n1C(F)(F)F. The fourth-order valence-electron chi connectivity index (χ4n) is 0.778. The molecule has 7 heteroatoms. The van der Waals surface area contributed by atoms with E-state index in [1.807, 2.05) is 0 Å². The molecule has 0 aliphatic heterocycles. The first-order chi connectivity index (χ1) is 5.46. The number of rotatable bonds is 1. The van der Waals surface area contributed by atoms with E-state index in [1.54, 1.807) is 0 Å². The van der Waals surface area contributed by atoms with Gasteiger partial charge in [0.25, 0.3) is 0 Å². The Balaban J connectivity index is 3.19. The highest BCUT2D eigenvalue weighted by Crippen LogP contribution is 2.28. The van der Waals surface area contributed by atoms with Crippen molar-refractivity contribution in [1.29, 1.82) is 0 Å². The lowest BCUT2D eigenvalue weighted by Crippen LogP contribution is -2.21. The predicted octanol–water partition coefficient (Wildman–Crippen LogP) is 1.58. The Morgan fingerprint density at radius 1 is 1.58 bits per heavy atom. The van der Waals surface area contributed by atoms with Crippen LogP contribution in [-0.2, 0) is 12.8 Å². The van der Waals surface area contributed by atoms with E-state index in [2.05, 4.69) is 20.9 Å². The molecule has 12 heavy (non-hydrogen) atoms. The summed E-state index contributed by atoms with van der Waals surface area (Å²) < 4.78 is 36.4. The van der Waals surface area contributed by atoms with Crippen molar-refractivity contribution in [2.75, 3.05) is 0 Å². The van der Waals surface area contributed by atoms with Gasteiger partial charge in [-0.2, -0.15) is 0 Å². The molecule has 0 amide bonds. The van der Waals surface area contributed by atoms with E-state index in [1.165, 1.54) is 0 Å². The Labute approximate surface area is 74.5 Å². The summed E-state index contributed by atoms with van der Waals surface area (Å²) >= 11 is 2.72. The molecule has 1 aromatic heterocycles. The molecule has 0 atom stereocenters. The van der Waals surface area contributed by atoms with Gasteiger partial charge in [-0.25, -0.2) is 9.55 Å². The molecule has 0 unspecified atom stereocenters. The van der Waals surface area contributed by atoms with Gasteiger partial charge in [0, 0.05) is 0 Å². The number of hydrogen-bond acceptors (Lipinski definition) is 2. The zero-order valence-electron chi connectivity index (χ0n) is 5.77. The van der Waals surface area contributed by atoms with E-state index in [0.29, 0.717) is 0 Å². The summed E-state index contributed by atoms with van der Waals surface area (Å²) in [6, 6.07) is 0. The number of aromatic nitrogens is 2. The lowest BCUT2D eigenvalue weighted by atomic mass is 10.6. The Kier molecular flexibility index (Phi) is 2.43. The topological polar surface area (TPSA) is 43.8 Å². The molecule has 1 heterocycles. The van der Waals surface area contributed by atoms with Crippen molar-refractivity contribution in [3.63, 3.8) is 0 Å². The zero-order chi connectivity index (χ0) is 9.35. The molecule has 3 nitrogen and oxygen atoms in total. The fraction of sp³-hybridized carbons (Fsp3) is 0.400. The van der Waals surface area contributed by atoms with Crippen LogP contribution in [0, 0.1) is 0 Å². The largest absolute Gasteiger partial charge is 0.490 e. The van der Waals surface area contributed by atoms with Crippen molar-refractivity contribution < 1.29 is 13.2 Å². The van der Waals surface area contributed by atoms with Gasteiger partial charge < -0.3 is 5.73 Å². The van der Waals surface area contributed by atoms with Crippen LogP contribution in [0.5, 0.6) is 0 Å². The maximum Gasteiger partial charge on any atom is 0.490 e. The second-order valence-electron chi connectivity index (χ2n) is 2.00. The summed E-state index contributed by atoms with van der Waals surface area (Å²) in [6.07, 6.45) is -3.40. The summed E-state index contributed by atoms with van der Waals surface area (Å²) in [5.41, 5.74) is 5.06. The second kappa shape index (κ2) is 3.06. The van der Waals surface area contributed by atoms with E-state index in [0.717, 1.165) is 6.20 Å². The van der Waals surface area contributed by atoms with E-state index in [4.69, 9.17) is 5.73 Å². The zero-order valence-corrected chi connectivity index (χ0v) is 7.35. The molecular formula is C5H5BrF3N3. The van der Waals surface area contributed by atoms with Crippen LogP contribution in [0.2, 0.25) is 0 Å². The standard InChI is InChI=1S/C5H5BrF3N3/c6-3-2-11-4(1-10)12(3)5(7,8)9/h2H,1,10H2. The lowest BCUT2D eigenvalue weighted by Gasteiger charge is -2.10. The molecular weight excluding hydrogens is 239 g/mol. The Morgan fingerprint density at radius 2 is 2.17 bits per heavy atom. The molecule has 0 bridgehead atoms. The number of nitrogens with two attached hydrogens (primary N) is 1. The molecule has 0 aromatic carbocycles. The smallest absolute Gasteiger partial charge is 0.324 e. The average Bonchev–Trinajstić information content (AvgIpc) is 2.29. The summed E-state index contributed by atoms with van der Waals surface area (Å²) in [5.74, 6) is -0.214. The maximum atomic E-state index is 12.2. The van der Waals surface area contributed by atoms with Crippen LogP contribution >= 0.6 is 15.9 Å². The third kappa shape index (κ3) is 1.61. The highest BCUT2D eigenvalue weighted by molar-refractivity contribution is 9.10. The molecule has 0 saturated heterocycles. The number of nitrogens with zero attached hydrogens (tertiary/aromatic N) is 2. The third-order valence-corrected chi connectivity index (χ3v) is 1.79. The van der Waals surface area contributed by atoms with Crippen LogP contribution < -0.4 is 5.73 Å². The van der Waals surface area contributed by atoms with Crippen LogP contribution in [-0.4, -0.2) is 9.55 Å². The minimum atomic E-state index is -4.47. The van der Waals surface area contributed by atoms with Crippen molar-refractivity contribution in [3.05, 3.63) is 16.6 Å². The van der Waals surface area contributed by atoms with Crippen LogP contribution in [0.4, 0.5) is 13.2 Å². The fourth-order valence-corrected chi connectivity index (χ4v) is 1.29. The maximum absolute atomic E-state index is 12.2. The van der Waals surface area contributed by atoms with Crippen LogP contribution in [0.25, 0.3) is 0 Å². The summed E-state index contributed by atoms with van der Waals surface area (Å²) in [5, 5.41) is 0. The van der Waals surface area contributed by atoms with E-state index in [-0.39, 0.29) is 21.5 Å². The molecule has 0 aliphatic carbocycles. The first kappa shape index (κ1) is 9.53. The van der Waals surface area contributed by atoms with Crippen molar-refractivity contribution in [1.82, 2.24) is 9.55 Å². The molecule has 0 radical (unpaired) electrons. The second-order valence-corrected chi connectivity index (χ2v) is 2.82. The highest BCUT2D eigenvalue weighted by atomic mass is 79.9. The van der Waals surface area contributed by atoms with Gasteiger partial charge in [0.15, 0.2) is 0 Å². The van der Waals surface area contributed by atoms with Gasteiger partial charge in [-0.05, 0) is 15.9 Å². The van der Waals surface area contributed by atoms with Gasteiger partial charge in [-0.15, -0.1) is 13.2 Å². The van der Waals surface area contributed by atoms with Crippen molar-refractivity contribution >= 4 is 15.9 Å². The molecule has 0 fully saturated rings. The molecule has 0 saturated carbocycles. The Bertz CT molecular complexity index is 280. The first-order valence-electron chi connectivity index (χ1n) is 2.96. The van der Waals surface area contributed by atoms with Crippen molar-refractivity contribution in [3.8, 4) is 0 Å². The van der Waals surface area contributed by atoms with Gasteiger partial charge in [-0.3, -0.25) is 0 Å². The van der Waals surface area contributed by atoms with Crippen molar-refractivity contribution in [2.24, 2.45) is 5.73 Å². The summed E-state index contributed by atoms with van der Waals surface area (Å²) in [4.78, 5) is 3.47. The molecule has 1 rings (SSSR count). The van der Waals surface area contributed by atoms with Gasteiger partial charge in [-0.1, -0.05) is 0 Å². The predicted molar refractivity (Wildman–Crippen MR) is 39.1 cm³/mol. The summed E-state index contributed by atoms with van der Waals surface area (Å²) in [6.45, 7) is -0.245. The van der Waals surface area contributed by atoms with Gasteiger partial charge in [0.1, 0.15) is 10.4 Å². The molecule has 0 aliphatic rings.